The fourth-order valence-corrected chi connectivity index (χ4v) is 2.04. The van der Waals surface area contributed by atoms with Crippen LogP contribution in [-0.4, -0.2) is 22.3 Å². The molecule has 1 heterocycles. The third-order valence-corrected chi connectivity index (χ3v) is 3.23. The van der Waals surface area contributed by atoms with Crippen LogP contribution < -0.4 is 0 Å². The van der Waals surface area contributed by atoms with E-state index in [0.29, 0.717) is 13.1 Å². The molecule has 104 valence electrons. The molecule has 0 atom stereocenters. The van der Waals surface area contributed by atoms with Crippen molar-refractivity contribution in [1.29, 1.82) is 0 Å². The molecule has 1 aromatic heterocycles. The monoisotopic (exact) mass is 292 g/mol. The zero-order chi connectivity index (χ0) is 14.5. The normalized spacial score (nSPS) is 10.3. The average molecular weight is 293 g/mol. The Morgan fingerprint density at radius 1 is 1.30 bits per heavy atom. The summed E-state index contributed by atoms with van der Waals surface area (Å²) in [7, 11) is 0. The number of hydrogen-bond acceptors (Lipinski definition) is 2. The number of carbonyl (C=O) groups excluding carboxylic acids is 1. The molecule has 0 saturated carbocycles. The summed E-state index contributed by atoms with van der Waals surface area (Å²) in [5.41, 5.74) is 0.936. The zero-order valence-electron chi connectivity index (χ0n) is 11.0. The molecule has 1 aromatic carbocycles. The zero-order valence-corrected chi connectivity index (χ0v) is 11.8. The summed E-state index contributed by atoms with van der Waals surface area (Å²) in [6, 6.07) is 10.9. The number of halogens is 2. The van der Waals surface area contributed by atoms with E-state index in [1.165, 1.54) is 12.3 Å². The summed E-state index contributed by atoms with van der Waals surface area (Å²) in [6.07, 6.45) is 1.33. The highest BCUT2D eigenvalue weighted by Gasteiger charge is 2.20. The van der Waals surface area contributed by atoms with Crippen LogP contribution in [0.2, 0.25) is 5.15 Å². The Hall–Kier alpha value is -1.94. The minimum absolute atomic E-state index is 0.0530. The molecule has 20 heavy (non-hydrogen) atoms. The number of pyridine rings is 1. The van der Waals surface area contributed by atoms with Crippen LogP contribution in [0.1, 0.15) is 22.8 Å². The molecule has 0 aliphatic rings. The third-order valence-electron chi connectivity index (χ3n) is 2.96. The van der Waals surface area contributed by atoms with E-state index in [1.54, 1.807) is 4.90 Å². The van der Waals surface area contributed by atoms with E-state index in [9.17, 15) is 9.18 Å². The van der Waals surface area contributed by atoms with E-state index in [1.807, 2.05) is 37.3 Å². The Morgan fingerprint density at radius 2 is 2.00 bits per heavy atom. The molecule has 0 saturated heterocycles. The Labute approximate surface area is 122 Å². The minimum atomic E-state index is -0.773. The fraction of sp³-hybridized carbons (Fsp3) is 0.200. The SMILES string of the molecule is CCN(Cc1ccccc1)C(=O)c1ccnc(Cl)c1F. The van der Waals surface area contributed by atoms with Gasteiger partial charge in [0.05, 0.1) is 5.56 Å². The molecule has 0 unspecified atom stereocenters. The molecular formula is C15H14ClFN2O. The molecule has 3 nitrogen and oxygen atoms in total. The second kappa shape index (κ2) is 6.48. The summed E-state index contributed by atoms with van der Waals surface area (Å²) < 4.78 is 13.8. The van der Waals surface area contributed by atoms with Gasteiger partial charge in [0, 0.05) is 19.3 Å². The fourth-order valence-electron chi connectivity index (χ4n) is 1.88. The first-order chi connectivity index (χ1) is 9.63. The molecular weight excluding hydrogens is 279 g/mol. The van der Waals surface area contributed by atoms with Gasteiger partial charge >= 0.3 is 0 Å². The third kappa shape index (κ3) is 3.14. The van der Waals surface area contributed by atoms with Gasteiger partial charge in [-0.05, 0) is 18.6 Å². The molecule has 0 N–H and O–H groups in total. The molecule has 0 aliphatic carbocycles. The van der Waals surface area contributed by atoms with Crippen LogP contribution in [0.3, 0.4) is 0 Å². The van der Waals surface area contributed by atoms with Crippen LogP contribution in [-0.2, 0) is 6.54 Å². The van der Waals surface area contributed by atoms with Crippen LogP contribution >= 0.6 is 11.6 Å². The van der Waals surface area contributed by atoms with Gasteiger partial charge in [-0.2, -0.15) is 0 Å². The van der Waals surface area contributed by atoms with E-state index in [2.05, 4.69) is 4.98 Å². The van der Waals surface area contributed by atoms with Gasteiger partial charge in [-0.15, -0.1) is 0 Å². The number of hydrogen-bond donors (Lipinski definition) is 0. The van der Waals surface area contributed by atoms with E-state index < -0.39 is 11.7 Å². The van der Waals surface area contributed by atoms with Gasteiger partial charge < -0.3 is 4.90 Å². The van der Waals surface area contributed by atoms with Gasteiger partial charge in [-0.25, -0.2) is 9.37 Å². The lowest BCUT2D eigenvalue weighted by atomic mass is 10.1. The summed E-state index contributed by atoms with van der Waals surface area (Å²) in [6.45, 7) is 2.75. The maximum Gasteiger partial charge on any atom is 0.257 e. The lowest BCUT2D eigenvalue weighted by Crippen LogP contribution is -2.31. The highest BCUT2D eigenvalue weighted by Crippen LogP contribution is 2.17. The van der Waals surface area contributed by atoms with Gasteiger partial charge in [0.25, 0.3) is 5.91 Å². The standard InChI is InChI=1S/C15H14ClFN2O/c1-2-19(10-11-6-4-3-5-7-11)15(20)12-8-9-18-14(16)13(12)17/h3-9H,2,10H2,1H3. The lowest BCUT2D eigenvalue weighted by Gasteiger charge is -2.21. The highest BCUT2D eigenvalue weighted by molar-refractivity contribution is 6.29. The van der Waals surface area contributed by atoms with Crippen molar-refractivity contribution in [2.75, 3.05) is 6.54 Å². The summed E-state index contributed by atoms with van der Waals surface area (Å²) in [5, 5.41) is -0.286. The van der Waals surface area contributed by atoms with Crippen molar-refractivity contribution in [2.24, 2.45) is 0 Å². The molecule has 0 spiro atoms. The first-order valence-corrected chi connectivity index (χ1v) is 6.64. The van der Waals surface area contributed by atoms with Crippen molar-refractivity contribution in [1.82, 2.24) is 9.88 Å². The van der Waals surface area contributed by atoms with Crippen molar-refractivity contribution < 1.29 is 9.18 Å². The van der Waals surface area contributed by atoms with Crippen molar-refractivity contribution in [3.05, 3.63) is 64.7 Å². The summed E-state index contributed by atoms with van der Waals surface area (Å²) in [4.78, 5) is 17.5. The van der Waals surface area contributed by atoms with E-state index >= 15 is 0 Å². The number of nitrogens with zero attached hydrogens (tertiary/aromatic N) is 2. The van der Waals surface area contributed by atoms with Gasteiger partial charge in [-0.1, -0.05) is 41.9 Å². The first-order valence-electron chi connectivity index (χ1n) is 6.26. The molecule has 2 rings (SSSR count). The quantitative estimate of drug-likeness (QED) is 0.808. The highest BCUT2D eigenvalue weighted by atomic mass is 35.5. The molecule has 0 radical (unpaired) electrons. The summed E-state index contributed by atoms with van der Waals surface area (Å²) in [5.74, 6) is -1.16. The van der Waals surface area contributed by atoms with Gasteiger partial charge in [0.15, 0.2) is 11.0 Å². The number of aromatic nitrogens is 1. The van der Waals surface area contributed by atoms with E-state index in [4.69, 9.17) is 11.6 Å². The molecule has 2 aromatic rings. The van der Waals surface area contributed by atoms with Crippen LogP contribution in [0, 0.1) is 5.82 Å². The number of rotatable bonds is 4. The minimum Gasteiger partial charge on any atom is -0.335 e. The van der Waals surface area contributed by atoms with Crippen molar-refractivity contribution in [2.45, 2.75) is 13.5 Å². The van der Waals surface area contributed by atoms with Crippen LogP contribution in [0.15, 0.2) is 42.6 Å². The Bertz CT molecular complexity index is 604. The van der Waals surface area contributed by atoms with Crippen molar-refractivity contribution >= 4 is 17.5 Å². The number of carbonyl (C=O) groups is 1. The van der Waals surface area contributed by atoms with E-state index in [0.717, 1.165) is 5.56 Å². The Morgan fingerprint density at radius 3 is 2.65 bits per heavy atom. The maximum atomic E-state index is 13.8. The Balaban J connectivity index is 2.23. The van der Waals surface area contributed by atoms with Crippen LogP contribution in [0.4, 0.5) is 4.39 Å². The molecule has 0 aliphatic heterocycles. The van der Waals surface area contributed by atoms with Gasteiger partial charge in [0.2, 0.25) is 0 Å². The Kier molecular flexibility index (Phi) is 4.69. The van der Waals surface area contributed by atoms with E-state index in [-0.39, 0.29) is 10.7 Å². The van der Waals surface area contributed by atoms with Crippen molar-refractivity contribution in [3.63, 3.8) is 0 Å². The summed E-state index contributed by atoms with van der Waals surface area (Å²) >= 11 is 5.61. The van der Waals surface area contributed by atoms with Crippen molar-refractivity contribution in [3.8, 4) is 0 Å². The predicted molar refractivity (Wildman–Crippen MR) is 76.1 cm³/mol. The van der Waals surface area contributed by atoms with Gasteiger partial charge in [0.1, 0.15) is 0 Å². The van der Waals surface area contributed by atoms with Crippen LogP contribution in [0.5, 0.6) is 0 Å². The first kappa shape index (κ1) is 14.5. The average Bonchev–Trinajstić information content (AvgIpc) is 2.48. The smallest absolute Gasteiger partial charge is 0.257 e. The lowest BCUT2D eigenvalue weighted by molar-refractivity contribution is 0.0747. The topological polar surface area (TPSA) is 33.2 Å². The predicted octanol–water partition coefficient (Wildman–Crippen LogP) is 3.54. The van der Waals surface area contributed by atoms with Crippen LogP contribution in [0.25, 0.3) is 0 Å². The second-order valence-corrected chi connectivity index (χ2v) is 4.63. The maximum absolute atomic E-state index is 13.8. The molecule has 5 heteroatoms. The molecule has 1 amide bonds. The second-order valence-electron chi connectivity index (χ2n) is 4.27. The largest absolute Gasteiger partial charge is 0.335 e. The van der Waals surface area contributed by atoms with Gasteiger partial charge in [-0.3, -0.25) is 4.79 Å². The molecule has 0 fully saturated rings. The molecule has 0 bridgehead atoms. The number of amides is 1. The number of benzene rings is 1.